The lowest BCUT2D eigenvalue weighted by Gasteiger charge is -2.31. The highest BCUT2D eigenvalue weighted by Gasteiger charge is 2.19. The van der Waals surface area contributed by atoms with Gasteiger partial charge >= 0.3 is 5.97 Å². The molecule has 23 heavy (non-hydrogen) atoms. The van der Waals surface area contributed by atoms with Crippen molar-refractivity contribution in [3.8, 4) is 0 Å². The van der Waals surface area contributed by atoms with Crippen molar-refractivity contribution in [2.24, 2.45) is 15.9 Å². The van der Waals surface area contributed by atoms with E-state index in [1.54, 1.807) is 24.3 Å². The molecule has 2 rings (SSSR count). The number of hydrazone groups is 1. The van der Waals surface area contributed by atoms with Crippen LogP contribution in [0.4, 0.5) is 5.69 Å². The summed E-state index contributed by atoms with van der Waals surface area (Å²) in [4.78, 5) is 16.7. The second-order valence-electron chi connectivity index (χ2n) is 5.06. The Morgan fingerprint density at radius 2 is 2.00 bits per heavy atom. The lowest BCUT2D eigenvalue weighted by atomic mass is 10.1. The Hall–Kier alpha value is -2.29. The Bertz CT molecular complexity index is 580. The molecular formula is C15H20N4O4. The predicted molar refractivity (Wildman–Crippen MR) is 85.8 cm³/mol. The fourth-order valence-corrected chi connectivity index (χ4v) is 2.19. The van der Waals surface area contributed by atoms with Gasteiger partial charge in [0, 0.05) is 13.1 Å². The van der Waals surface area contributed by atoms with Crippen LogP contribution < -0.4 is 5.84 Å². The monoisotopic (exact) mass is 320 g/mol. The number of aliphatic hydroxyl groups is 1. The number of rotatable bonds is 6. The molecule has 124 valence electrons. The van der Waals surface area contributed by atoms with Gasteiger partial charge in [0.25, 0.3) is 0 Å². The molecule has 1 fully saturated rings. The Kier molecular flexibility index (Phi) is 6.21. The van der Waals surface area contributed by atoms with E-state index in [1.165, 1.54) is 6.21 Å². The van der Waals surface area contributed by atoms with Crippen LogP contribution in [0.3, 0.4) is 0 Å². The molecule has 1 aliphatic heterocycles. The van der Waals surface area contributed by atoms with Crippen LogP contribution in [0.5, 0.6) is 0 Å². The molecule has 4 N–H and O–H groups in total. The first-order chi connectivity index (χ1) is 11.1. The molecule has 0 amide bonds. The Balaban J connectivity index is 1.99. The number of carboxylic acids is 1. The van der Waals surface area contributed by atoms with Crippen molar-refractivity contribution in [3.63, 3.8) is 0 Å². The number of hydrogen-bond acceptors (Lipinski definition) is 7. The number of carbonyl (C=O) groups is 1. The van der Waals surface area contributed by atoms with Crippen LogP contribution in [-0.4, -0.2) is 59.3 Å². The van der Waals surface area contributed by atoms with Crippen LogP contribution in [0.2, 0.25) is 0 Å². The molecule has 0 radical (unpaired) electrons. The van der Waals surface area contributed by atoms with Crippen LogP contribution in [-0.2, 0) is 9.53 Å². The van der Waals surface area contributed by atoms with E-state index in [0.29, 0.717) is 32.0 Å². The predicted octanol–water partition coefficient (Wildman–Crippen LogP) is 0.501. The molecule has 8 nitrogen and oxygen atoms in total. The molecule has 0 saturated carbocycles. The van der Waals surface area contributed by atoms with Crippen LogP contribution in [0.15, 0.2) is 34.4 Å². The lowest BCUT2D eigenvalue weighted by Crippen LogP contribution is -2.38. The zero-order valence-corrected chi connectivity index (χ0v) is 12.6. The third kappa shape index (κ3) is 5.13. The second kappa shape index (κ2) is 8.37. The topological polar surface area (TPSA) is 121 Å². The van der Waals surface area contributed by atoms with E-state index in [0.717, 1.165) is 5.56 Å². The van der Waals surface area contributed by atoms with Crippen molar-refractivity contribution in [1.29, 1.82) is 0 Å². The van der Waals surface area contributed by atoms with Gasteiger partial charge in [-0.25, -0.2) is 0 Å². The van der Waals surface area contributed by atoms with Crippen LogP contribution in [0, 0.1) is 0 Å². The highest BCUT2D eigenvalue weighted by atomic mass is 16.5. The van der Waals surface area contributed by atoms with E-state index in [-0.39, 0.29) is 12.1 Å². The van der Waals surface area contributed by atoms with Crippen molar-refractivity contribution in [2.45, 2.75) is 12.6 Å². The fourth-order valence-electron chi connectivity index (χ4n) is 2.19. The van der Waals surface area contributed by atoms with E-state index < -0.39 is 12.2 Å². The molecule has 0 bridgehead atoms. The third-order valence-electron chi connectivity index (χ3n) is 3.44. The largest absolute Gasteiger partial charge is 0.481 e. The zero-order chi connectivity index (χ0) is 16.7. The lowest BCUT2D eigenvalue weighted by molar-refractivity contribution is -0.135. The maximum Gasteiger partial charge on any atom is 0.309 e. The summed E-state index contributed by atoms with van der Waals surface area (Å²) in [6.45, 7) is 2.60. The number of morpholine rings is 1. The van der Waals surface area contributed by atoms with Gasteiger partial charge in [-0.3, -0.25) is 14.7 Å². The van der Waals surface area contributed by atoms with Crippen LogP contribution in [0.1, 0.15) is 18.2 Å². The molecule has 1 saturated heterocycles. The summed E-state index contributed by atoms with van der Waals surface area (Å²) in [5.41, 5.74) is 1.56. The molecule has 1 aromatic carbocycles. The Morgan fingerprint density at radius 3 is 2.57 bits per heavy atom. The number of aliphatic imine (C=N–C) groups is 1. The second-order valence-corrected chi connectivity index (χ2v) is 5.06. The molecule has 1 heterocycles. The van der Waals surface area contributed by atoms with E-state index in [9.17, 15) is 9.90 Å². The van der Waals surface area contributed by atoms with Crippen LogP contribution >= 0.6 is 0 Å². The number of benzene rings is 1. The summed E-state index contributed by atoms with van der Waals surface area (Å²) in [5.74, 6) is 4.09. The normalized spacial score (nSPS) is 18.2. The number of aliphatic carboxylic acids is 1. The SMILES string of the molecule is NN=C(C=Nc1ccc(C(O)N2CCOCC2)cc1)CC(=O)O. The van der Waals surface area contributed by atoms with Gasteiger partial charge in [0.1, 0.15) is 6.23 Å². The summed E-state index contributed by atoms with van der Waals surface area (Å²) in [5, 5.41) is 22.4. The van der Waals surface area contributed by atoms with Gasteiger partial charge in [-0.2, -0.15) is 5.10 Å². The maximum atomic E-state index is 10.6. The van der Waals surface area contributed by atoms with Crippen molar-refractivity contribution in [2.75, 3.05) is 26.3 Å². The number of ether oxygens (including phenoxy) is 1. The summed E-state index contributed by atoms with van der Waals surface area (Å²) in [6.07, 6.45) is 0.361. The third-order valence-corrected chi connectivity index (χ3v) is 3.44. The summed E-state index contributed by atoms with van der Waals surface area (Å²) >= 11 is 0. The molecule has 8 heteroatoms. The van der Waals surface area contributed by atoms with Gasteiger partial charge in [0.15, 0.2) is 0 Å². The van der Waals surface area contributed by atoms with E-state index >= 15 is 0 Å². The highest BCUT2D eigenvalue weighted by Crippen LogP contribution is 2.21. The van der Waals surface area contributed by atoms with Crippen LogP contribution in [0.25, 0.3) is 0 Å². The zero-order valence-electron chi connectivity index (χ0n) is 12.6. The summed E-state index contributed by atoms with van der Waals surface area (Å²) in [7, 11) is 0. The minimum absolute atomic E-state index is 0.176. The molecule has 1 atom stereocenters. The molecule has 1 aromatic rings. The summed E-state index contributed by atoms with van der Waals surface area (Å²) in [6, 6.07) is 7.04. The minimum atomic E-state index is -1.02. The minimum Gasteiger partial charge on any atom is -0.481 e. The standard InChI is InChI=1S/C15H20N4O4/c16-18-13(9-14(20)21)10-17-12-3-1-11(2-4-12)15(22)19-5-7-23-8-6-19/h1-4,10,15,22H,5-9,16H2,(H,20,21). The van der Waals surface area contributed by atoms with E-state index in [1.807, 2.05) is 4.90 Å². The molecule has 0 aliphatic carbocycles. The number of carboxylic acid groups (broad SMARTS) is 1. The van der Waals surface area contributed by atoms with Crippen molar-refractivity contribution in [1.82, 2.24) is 4.90 Å². The summed E-state index contributed by atoms with van der Waals surface area (Å²) < 4.78 is 5.26. The maximum absolute atomic E-state index is 10.6. The van der Waals surface area contributed by atoms with Gasteiger partial charge in [0.2, 0.25) is 0 Å². The Labute approximate surface area is 133 Å². The quantitative estimate of drug-likeness (QED) is 0.399. The number of nitrogens with zero attached hydrogens (tertiary/aromatic N) is 3. The van der Waals surface area contributed by atoms with Crippen molar-refractivity contribution >= 4 is 23.6 Å². The number of nitrogens with two attached hydrogens (primary N) is 1. The number of aliphatic hydroxyl groups excluding tert-OH is 1. The molecule has 1 unspecified atom stereocenters. The first-order valence-corrected chi connectivity index (χ1v) is 7.22. The molecule has 0 aromatic heterocycles. The average Bonchev–Trinajstić information content (AvgIpc) is 2.59. The number of hydrogen-bond donors (Lipinski definition) is 3. The average molecular weight is 320 g/mol. The first-order valence-electron chi connectivity index (χ1n) is 7.22. The van der Waals surface area contributed by atoms with E-state index in [4.69, 9.17) is 15.7 Å². The molecular weight excluding hydrogens is 300 g/mol. The fraction of sp³-hybridized carbons (Fsp3) is 0.400. The van der Waals surface area contributed by atoms with Gasteiger partial charge < -0.3 is 20.8 Å². The highest BCUT2D eigenvalue weighted by molar-refractivity contribution is 6.34. The van der Waals surface area contributed by atoms with Gasteiger partial charge in [-0.15, -0.1) is 0 Å². The molecule has 0 spiro atoms. The molecule has 1 aliphatic rings. The van der Waals surface area contributed by atoms with Gasteiger partial charge in [-0.1, -0.05) is 12.1 Å². The smallest absolute Gasteiger partial charge is 0.309 e. The van der Waals surface area contributed by atoms with E-state index in [2.05, 4.69) is 10.1 Å². The van der Waals surface area contributed by atoms with Gasteiger partial charge in [-0.05, 0) is 17.7 Å². The first kappa shape index (κ1) is 17.1. The van der Waals surface area contributed by atoms with Gasteiger partial charge in [0.05, 0.1) is 37.2 Å². The van der Waals surface area contributed by atoms with Crippen molar-refractivity contribution in [3.05, 3.63) is 29.8 Å². The Morgan fingerprint density at radius 1 is 1.35 bits per heavy atom. The van der Waals surface area contributed by atoms with Crippen molar-refractivity contribution < 1.29 is 19.7 Å².